The Balaban J connectivity index is 2.53. The van der Waals surface area contributed by atoms with Gasteiger partial charge in [-0.15, -0.1) is 0 Å². The predicted molar refractivity (Wildman–Crippen MR) is 74.7 cm³/mol. The molecule has 1 heterocycles. The van der Waals surface area contributed by atoms with Crippen LogP contribution in [-0.2, 0) is 18.4 Å². The lowest BCUT2D eigenvalue weighted by Crippen LogP contribution is -2.43. The van der Waals surface area contributed by atoms with Gasteiger partial charge in [0.2, 0.25) is 5.91 Å². The van der Waals surface area contributed by atoms with Gasteiger partial charge in [-0.05, 0) is 0 Å². The molecule has 0 bridgehead atoms. The number of aromatic nitrogens is 2. The van der Waals surface area contributed by atoms with Crippen molar-refractivity contribution in [1.29, 1.82) is 0 Å². The highest BCUT2D eigenvalue weighted by Gasteiger charge is 2.10. The number of aryl methyl sites for hydroxylation is 1. The molecule has 0 aliphatic heterocycles. The zero-order valence-electron chi connectivity index (χ0n) is 12.2. The Bertz CT molecular complexity index is 451. The van der Waals surface area contributed by atoms with E-state index >= 15 is 0 Å². The van der Waals surface area contributed by atoms with Crippen LogP contribution in [0.1, 0.15) is 5.56 Å². The molecule has 19 heavy (non-hydrogen) atoms. The number of aliphatic imine (C=N–C) groups is 1. The fourth-order valence-electron chi connectivity index (χ4n) is 1.60. The van der Waals surface area contributed by atoms with Crippen LogP contribution in [0.2, 0.25) is 0 Å². The smallest absolute Gasteiger partial charge is 0.241 e. The zero-order valence-corrected chi connectivity index (χ0v) is 12.2. The molecule has 0 unspecified atom stereocenters. The van der Waals surface area contributed by atoms with E-state index in [1.54, 1.807) is 30.7 Å². The van der Waals surface area contributed by atoms with Crippen molar-refractivity contribution in [2.45, 2.75) is 6.54 Å². The van der Waals surface area contributed by atoms with Gasteiger partial charge in [0, 0.05) is 53.5 Å². The van der Waals surface area contributed by atoms with Crippen molar-refractivity contribution in [2.75, 3.05) is 34.7 Å². The van der Waals surface area contributed by atoms with Gasteiger partial charge in [-0.3, -0.25) is 14.5 Å². The number of rotatable bonds is 4. The maximum Gasteiger partial charge on any atom is 0.241 e. The number of likely N-dealkylation sites (N-methyl/N-ethyl adjacent to an activating group) is 1. The SMILES string of the molecule is CN=C(NCC(=O)N(C)C)N(C)Cc1cnn(C)c1. The molecule has 0 aliphatic rings. The molecule has 106 valence electrons. The van der Waals surface area contributed by atoms with Crippen LogP contribution in [-0.4, -0.2) is 66.2 Å². The lowest BCUT2D eigenvalue weighted by molar-refractivity contribution is -0.127. The summed E-state index contributed by atoms with van der Waals surface area (Å²) in [5.41, 5.74) is 1.09. The Hall–Kier alpha value is -2.05. The van der Waals surface area contributed by atoms with Crippen molar-refractivity contribution in [3.05, 3.63) is 18.0 Å². The molecule has 1 aromatic rings. The van der Waals surface area contributed by atoms with Gasteiger partial charge in [0.1, 0.15) is 0 Å². The highest BCUT2D eigenvalue weighted by atomic mass is 16.2. The van der Waals surface area contributed by atoms with Gasteiger partial charge < -0.3 is 15.1 Å². The summed E-state index contributed by atoms with van der Waals surface area (Å²) >= 11 is 0. The van der Waals surface area contributed by atoms with E-state index < -0.39 is 0 Å². The first-order valence-electron chi connectivity index (χ1n) is 6.03. The van der Waals surface area contributed by atoms with Gasteiger partial charge in [-0.1, -0.05) is 0 Å². The number of amides is 1. The van der Waals surface area contributed by atoms with Gasteiger partial charge in [0.25, 0.3) is 0 Å². The molecule has 0 aromatic carbocycles. The second-order valence-corrected chi connectivity index (χ2v) is 4.57. The molecule has 7 nitrogen and oxygen atoms in total. The predicted octanol–water partition coefficient (Wildman–Crippen LogP) is -0.484. The van der Waals surface area contributed by atoms with Gasteiger partial charge >= 0.3 is 0 Å². The average Bonchev–Trinajstić information content (AvgIpc) is 2.75. The maximum absolute atomic E-state index is 11.5. The molecule has 0 saturated heterocycles. The van der Waals surface area contributed by atoms with E-state index in [0.717, 1.165) is 5.56 Å². The van der Waals surface area contributed by atoms with Crippen LogP contribution in [0.15, 0.2) is 17.4 Å². The third kappa shape index (κ3) is 4.61. The third-order valence-corrected chi connectivity index (χ3v) is 2.65. The standard InChI is InChI=1S/C12H22N6O/c1-13-12(14-7-11(19)16(2)3)17(4)8-10-6-15-18(5)9-10/h6,9H,7-8H2,1-5H3,(H,13,14). The Labute approximate surface area is 113 Å². The molecule has 1 N–H and O–H groups in total. The van der Waals surface area contributed by atoms with Gasteiger partial charge in [0.15, 0.2) is 5.96 Å². The van der Waals surface area contributed by atoms with Crippen LogP contribution in [0.25, 0.3) is 0 Å². The summed E-state index contributed by atoms with van der Waals surface area (Å²) in [5, 5.41) is 7.16. The molecule has 0 fully saturated rings. The molecule has 0 atom stereocenters. The summed E-state index contributed by atoms with van der Waals surface area (Å²) in [4.78, 5) is 19.2. The van der Waals surface area contributed by atoms with Crippen molar-refractivity contribution in [1.82, 2.24) is 24.9 Å². The number of carbonyl (C=O) groups excluding carboxylic acids is 1. The molecule has 0 aliphatic carbocycles. The normalized spacial score (nSPS) is 11.3. The van der Waals surface area contributed by atoms with E-state index in [1.165, 1.54) is 0 Å². The molecule has 0 saturated carbocycles. The summed E-state index contributed by atoms with van der Waals surface area (Å²) in [6.07, 6.45) is 3.77. The Morgan fingerprint density at radius 3 is 2.63 bits per heavy atom. The van der Waals surface area contributed by atoms with Gasteiger partial charge in [-0.2, -0.15) is 5.10 Å². The highest BCUT2D eigenvalue weighted by molar-refractivity contribution is 5.86. The van der Waals surface area contributed by atoms with Crippen molar-refractivity contribution < 1.29 is 4.79 Å². The van der Waals surface area contributed by atoms with E-state index in [4.69, 9.17) is 0 Å². The van der Waals surface area contributed by atoms with E-state index in [1.807, 2.05) is 31.4 Å². The summed E-state index contributed by atoms with van der Waals surface area (Å²) in [7, 11) is 8.95. The number of hydrogen-bond donors (Lipinski definition) is 1. The average molecular weight is 266 g/mol. The van der Waals surface area contributed by atoms with E-state index in [9.17, 15) is 4.79 Å². The fourth-order valence-corrected chi connectivity index (χ4v) is 1.60. The quantitative estimate of drug-likeness (QED) is 0.590. The Kier molecular flexibility index (Phi) is 5.35. The van der Waals surface area contributed by atoms with Crippen LogP contribution in [0.3, 0.4) is 0 Å². The second kappa shape index (κ2) is 6.77. The van der Waals surface area contributed by atoms with Crippen LogP contribution >= 0.6 is 0 Å². The van der Waals surface area contributed by atoms with E-state index in [2.05, 4.69) is 15.4 Å². The van der Waals surface area contributed by atoms with Crippen molar-refractivity contribution >= 4 is 11.9 Å². The lowest BCUT2D eigenvalue weighted by Gasteiger charge is -2.22. The van der Waals surface area contributed by atoms with Crippen molar-refractivity contribution in [2.24, 2.45) is 12.0 Å². The molecule has 0 spiro atoms. The van der Waals surface area contributed by atoms with Crippen LogP contribution in [0.4, 0.5) is 0 Å². The van der Waals surface area contributed by atoms with Gasteiger partial charge in [0.05, 0.1) is 12.7 Å². The third-order valence-electron chi connectivity index (χ3n) is 2.65. The number of nitrogens with one attached hydrogen (secondary N) is 1. The Morgan fingerprint density at radius 2 is 2.16 bits per heavy atom. The number of hydrogen-bond acceptors (Lipinski definition) is 3. The monoisotopic (exact) mass is 266 g/mol. The molecule has 1 amide bonds. The minimum absolute atomic E-state index is 0.0101. The molecule has 0 radical (unpaired) electrons. The Morgan fingerprint density at radius 1 is 1.47 bits per heavy atom. The van der Waals surface area contributed by atoms with Crippen molar-refractivity contribution in [3.8, 4) is 0 Å². The molecular weight excluding hydrogens is 244 g/mol. The highest BCUT2D eigenvalue weighted by Crippen LogP contribution is 2.01. The minimum atomic E-state index is 0.0101. The number of nitrogens with zero attached hydrogens (tertiary/aromatic N) is 5. The molecule has 7 heteroatoms. The lowest BCUT2D eigenvalue weighted by atomic mass is 10.3. The van der Waals surface area contributed by atoms with Crippen molar-refractivity contribution in [3.63, 3.8) is 0 Å². The van der Waals surface area contributed by atoms with Crippen LogP contribution < -0.4 is 5.32 Å². The van der Waals surface area contributed by atoms with Crippen LogP contribution in [0, 0.1) is 0 Å². The topological polar surface area (TPSA) is 65.8 Å². The molecule has 1 aromatic heterocycles. The number of carbonyl (C=O) groups is 1. The molecule has 1 rings (SSSR count). The second-order valence-electron chi connectivity index (χ2n) is 4.57. The maximum atomic E-state index is 11.5. The van der Waals surface area contributed by atoms with E-state index in [0.29, 0.717) is 12.5 Å². The number of guanidine groups is 1. The first kappa shape index (κ1) is 15.0. The first-order chi connectivity index (χ1) is 8.93. The van der Waals surface area contributed by atoms with E-state index in [-0.39, 0.29) is 12.5 Å². The van der Waals surface area contributed by atoms with Crippen LogP contribution in [0.5, 0.6) is 0 Å². The summed E-state index contributed by atoms with van der Waals surface area (Å²) in [6, 6.07) is 0. The zero-order chi connectivity index (χ0) is 14.4. The summed E-state index contributed by atoms with van der Waals surface area (Å²) < 4.78 is 1.76. The fraction of sp³-hybridized carbons (Fsp3) is 0.583. The van der Waals surface area contributed by atoms with Gasteiger partial charge in [-0.25, -0.2) is 0 Å². The summed E-state index contributed by atoms with van der Waals surface area (Å²) in [6.45, 7) is 0.917. The first-order valence-corrected chi connectivity index (χ1v) is 6.03. The molecular formula is C12H22N6O. The largest absolute Gasteiger partial charge is 0.347 e. The summed E-state index contributed by atoms with van der Waals surface area (Å²) in [5.74, 6) is 0.690. The minimum Gasteiger partial charge on any atom is -0.347 e.